The standard InChI is InChI=1S/C14H15N3O2S/c1-20-14(6-7-14)8-15-13(19)11-9-4-2-3-5-10(9)12(18)17-16-11/h2-5H,6-8H2,1H3,(H,15,19)(H,17,18). The van der Waals surface area contributed by atoms with Crippen molar-refractivity contribution in [3.05, 3.63) is 40.3 Å². The molecule has 5 nitrogen and oxygen atoms in total. The summed E-state index contributed by atoms with van der Waals surface area (Å²) >= 11 is 1.79. The number of H-pyrrole nitrogens is 1. The van der Waals surface area contributed by atoms with Crippen molar-refractivity contribution in [1.29, 1.82) is 0 Å². The molecule has 1 heterocycles. The van der Waals surface area contributed by atoms with Gasteiger partial charge in [-0.05, 0) is 25.2 Å². The Hall–Kier alpha value is -1.82. The van der Waals surface area contributed by atoms with Crippen LogP contribution in [0.25, 0.3) is 10.8 Å². The molecule has 0 unspecified atom stereocenters. The normalized spacial score (nSPS) is 16.1. The zero-order valence-electron chi connectivity index (χ0n) is 11.1. The van der Waals surface area contributed by atoms with Crippen LogP contribution in [0, 0.1) is 0 Å². The third kappa shape index (κ3) is 2.31. The fourth-order valence-electron chi connectivity index (χ4n) is 2.21. The first-order valence-corrected chi connectivity index (χ1v) is 7.68. The Kier molecular flexibility index (Phi) is 3.25. The van der Waals surface area contributed by atoms with Gasteiger partial charge in [0.1, 0.15) is 0 Å². The summed E-state index contributed by atoms with van der Waals surface area (Å²) in [6.07, 6.45) is 4.33. The number of nitrogens with one attached hydrogen (secondary N) is 2. The van der Waals surface area contributed by atoms with Crippen LogP contribution in [0.3, 0.4) is 0 Å². The summed E-state index contributed by atoms with van der Waals surface area (Å²) in [5.74, 6) is -0.238. The summed E-state index contributed by atoms with van der Waals surface area (Å²) in [7, 11) is 0. The van der Waals surface area contributed by atoms with Gasteiger partial charge in [0.05, 0.1) is 5.39 Å². The Bertz CT molecular complexity index is 722. The van der Waals surface area contributed by atoms with Gasteiger partial charge in [0.25, 0.3) is 11.5 Å². The smallest absolute Gasteiger partial charge is 0.272 e. The third-order valence-corrected chi connectivity index (χ3v) is 5.14. The summed E-state index contributed by atoms with van der Waals surface area (Å²) in [6.45, 7) is 0.641. The second-order valence-corrected chi connectivity index (χ2v) is 6.29. The number of thioether (sulfide) groups is 1. The molecule has 1 aromatic heterocycles. The lowest BCUT2D eigenvalue weighted by atomic mass is 10.1. The predicted molar refractivity (Wildman–Crippen MR) is 80.2 cm³/mol. The lowest BCUT2D eigenvalue weighted by molar-refractivity contribution is 0.0949. The number of amides is 1. The Morgan fingerprint density at radius 1 is 1.40 bits per heavy atom. The fourth-order valence-corrected chi connectivity index (χ4v) is 2.93. The zero-order chi connectivity index (χ0) is 14.2. The van der Waals surface area contributed by atoms with E-state index in [1.807, 2.05) is 0 Å². The van der Waals surface area contributed by atoms with E-state index in [9.17, 15) is 9.59 Å². The van der Waals surface area contributed by atoms with E-state index in [-0.39, 0.29) is 21.9 Å². The highest BCUT2D eigenvalue weighted by Gasteiger charge is 2.42. The number of aromatic nitrogens is 2. The van der Waals surface area contributed by atoms with Crippen molar-refractivity contribution in [2.24, 2.45) is 0 Å². The number of rotatable bonds is 4. The van der Waals surface area contributed by atoms with E-state index in [0.29, 0.717) is 17.3 Å². The van der Waals surface area contributed by atoms with Crippen LogP contribution in [-0.2, 0) is 0 Å². The van der Waals surface area contributed by atoms with Gasteiger partial charge >= 0.3 is 0 Å². The fraction of sp³-hybridized carbons (Fsp3) is 0.357. The maximum atomic E-state index is 12.3. The number of nitrogens with zero attached hydrogens (tertiary/aromatic N) is 1. The molecule has 2 aromatic rings. The van der Waals surface area contributed by atoms with Gasteiger partial charge in [0, 0.05) is 16.7 Å². The topological polar surface area (TPSA) is 74.8 Å². The van der Waals surface area contributed by atoms with Crippen molar-refractivity contribution in [1.82, 2.24) is 15.5 Å². The summed E-state index contributed by atoms with van der Waals surface area (Å²) < 4.78 is 0.202. The van der Waals surface area contributed by atoms with E-state index in [2.05, 4.69) is 21.8 Å². The highest BCUT2D eigenvalue weighted by atomic mass is 32.2. The Balaban J connectivity index is 1.88. The van der Waals surface area contributed by atoms with Crippen LogP contribution in [0.1, 0.15) is 23.3 Å². The zero-order valence-corrected chi connectivity index (χ0v) is 11.9. The van der Waals surface area contributed by atoms with Gasteiger partial charge in [-0.2, -0.15) is 16.9 Å². The molecule has 1 aliphatic carbocycles. The number of hydrogen-bond donors (Lipinski definition) is 2. The van der Waals surface area contributed by atoms with Crippen LogP contribution in [0.4, 0.5) is 0 Å². The number of carbonyl (C=O) groups excluding carboxylic acids is 1. The molecule has 1 fully saturated rings. The van der Waals surface area contributed by atoms with Gasteiger partial charge in [0.2, 0.25) is 0 Å². The molecule has 1 saturated carbocycles. The van der Waals surface area contributed by atoms with E-state index in [0.717, 1.165) is 12.8 Å². The van der Waals surface area contributed by atoms with Crippen molar-refractivity contribution >= 4 is 28.4 Å². The lowest BCUT2D eigenvalue weighted by Crippen LogP contribution is -2.33. The molecule has 104 valence electrons. The molecule has 0 atom stereocenters. The van der Waals surface area contributed by atoms with Crippen molar-refractivity contribution in [2.45, 2.75) is 17.6 Å². The monoisotopic (exact) mass is 289 g/mol. The Morgan fingerprint density at radius 3 is 2.75 bits per heavy atom. The average molecular weight is 289 g/mol. The molecular formula is C14H15N3O2S. The van der Waals surface area contributed by atoms with Crippen molar-refractivity contribution < 1.29 is 4.79 Å². The Morgan fingerprint density at radius 2 is 2.10 bits per heavy atom. The molecule has 0 bridgehead atoms. The summed E-state index contributed by atoms with van der Waals surface area (Å²) in [6, 6.07) is 7.00. The molecule has 1 aliphatic rings. The van der Waals surface area contributed by atoms with Gasteiger partial charge in [-0.1, -0.05) is 18.2 Å². The first kappa shape index (κ1) is 13.2. The summed E-state index contributed by atoms with van der Waals surface area (Å²) in [5.41, 5.74) is -0.00275. The molecule has 0 aliphatic heterocycles. The minimum absolute atomic E-state index is 0.202. The highest BCUT2D eigenvalue weighted by molar-refractivity contribution is 8.00. The maximum absolute atomic E-state index is 12.3. The number of benzene rings is 1. The largest absolute Gasteiger partial charge is 0.349 e. The number of aromatic amines is 1. The van der Waals surface area contributed by atoms with Crippen LogP contribution in [0.15, 0.2) is 29.1 Å². The summed E-state index contributed by atoms with van der Waals surface area (Å²) in [5, 5.41) is 10.3. The number of fused-ring (bicyclic) bond motifs is 1. The second kappa shape index (κ2) is 4.94. The lowest BCUT2D eigenvalue weighted by Gasteiger charge is -2.13. The first-order chi connectivity index (χ1) is 9.65. The molecule has 6 heteroatoms. The molecule has 1 amide bonds. The van der Waals surface area contributed by atoms with Crippen LogP contribution in [0.2, 0.25) is 0 Å². The molecule has 2 N–H and O–H groups in total. The van der Waals surface area contributed by atoms with Crippen LogP contribution >= 0.6 is 11.8 Å². The maximum Gasteiger partial charge on any atom is 0.272 e. The Labute approximate surface area is 120 Å². The number of hydrogen-bond acceptors (Lipinski definition) is 4. The quantitative estimate of drug-likeness (QED) is 0.895. The SMILES string of the molecule is CSC1(CNC(=O)c2n[nH]c(=O)c3ccccc23)CC1. The number of carbonyl (C=O) groups is 1. The molecule has 3 rings (SSSR count). The average Bonchev–Trinajstić information content (AvgIpc) is 3.26. The van der Waals surface area contributed by atoms with Crippen molar-refractivity contribution in [3.8, 4) is 0 Å². The van der Waals surface area contributed by atoms with Crippen molar-refractivity contribution in [2.75, 3.05) is 12.8 Å². The van der Waals surface area contributed by atoms with E-state index in [1.165, 1.54) is 0 Å². The van der Waals surface area contributed by atoms with Crippen LogP contribution in [-0.4, -0.2) is 33.7 Å². The molecule has 1 aromatic carbocycles. The minimum atomic E-state index is -0.278. The van der Waals surface area contributed by atoms with Gasteiger partial charge in [-0.15, -0.1) is 0 Å². The first-order valence-electron chi connectivity index (χ1n) is 6.46. The highest BCUT2D eigenvalue weighted by Crippen LogP contribution is 2.46. The van der Waals surface area contributed by atoms with E-state index in [4.69, 9.17) is 0 Å². The van der Waals surface area contributed by atoms with E-state index < -0.39 is 0 Å². The van der Waals surface area contributed by atoms with E-state index in [1.54, 1.807) is 36.0 Å². The van der Waals surface area contributed by atoms with Crippen LogP contribution in [0.5, 0.6) is 0 Å². The van der Waals surface area contributed by atoms with Gasteiger partial charge < -0.3 is 5.32 Å². The molecule has 0 radical (unpaired) electrons. The van der Waals surface area contributed by atoms with Gasteiger partial charge in [-0.3, -0.25) is 9.59 Å². The molecule has 0 spiro atoms. The van der Waals surface area contributed by atoms with Gasteiger partial charge in [0.15, 0.2) is 5.69 Å². The molecule has 20 heavy (non-hydrogen) atoms. The van der Waals surface area contributed by atoms with Crippen LogP contribution < -0.4 is 10.9 Å². The second-order valence-electron chi connectivity index (χ2n) is 5.02. The summed E-state index contributed by atoms with van der Waals surface area (Å²) in [4.78, 5) is 23.9. The van der Waals surface area contributed by atoms with Crippen molar-refractivity contribution in [3.63, 3.8) is 0 Å². The minimum Gasteiger partial charge on any atom is -0.349 e. The predicted octanol–water partition coefficient (Wildman–Crippen LogP) is 1.55. The van der Waals surface area contributed by atoms with E-state index >= 15 is 0 Å². The molecular weight excluding hydrogens is 274 g/mol. The third-order valence-electron chi connectivity index (χ3n) is 3.72. The van der Waals surface area contributed by atoms with Gasteiger partial charge in [-0.25, -0.2) is 5.10 Å². The molecule has 0 saturated heterocycles.